The third-order valence-electron chi connectivity index (χ3n) is 3.46. The summed E-state index contributed by atoms with van der Waals surface area (Å²) >= 11 is 0. The summed E-state index contributed by atoms with van der Waals surface area (Å²) in [6.07, 6.45) is -4.42. The Labute approximate surface area is 142 Å². The van der Waals surface area contributed by atoms with Crippen molar-refractivity contribution < 1.29 is 22.8 Å². The van der Waals surface area contributed by atoms with Crippen LogP contribution < -0.4 is 16.4 Å². The first-order valence-electron chi connectivity index (χ1n) is 7.28. The first-order chi connectivity index (χ1) is 11.7. The maximum atomic E-state index is 12.5. The van der Waals surface area contributed by atoms with Crippen LogP contribution in [0.2, 0.25) is 0 Å². The van der Waals surface area contributed by atoms with Gasteiger partial charge in [0.05, 0.1) is 12.1 Å². The Morgan fingerprint density at radius 1 is 1.08 bits per heavy atom. The highest BCUT2D eigenvalue weighted by atomic mass is 19.4. The van der Waals surface area contributed by atoms with E-state index in [0.29, 0.717) is 11.3 Å². The normalized spacial score (nSPS) is 11.0. The van der Waals surface area contributed by atoms with Gasteiger partial charge in [-0.25, -0.2) is 0 Å². The van der Waals surface area contributed by atoms with Crippen LogP contribution in [0.1, 0.15) is 21.5 Å². The van der Waals surface area contributed by atoms with Gasteiger partial charge in [-0.1, -0.05) is 6.07 Å². The van der Waals surface area contributed by atoms with Crippen LogP contribution in [0.15, 0.2) is 42.5 Å². The van der Waals surface area contributed by atoms with E-state index >= 15 is 0 Å². The molecule has 5 nitrogen and oxygen atoms in total. The van der Waals surface area contributed by atoms with Gasteiger partial charge in [0.15, 0.2) is 0 Å². The quantitative estimate of drug-likeness (QED) is 0.774. The zero-order valence-corrected chi connectivity index (χ0v) is 13.3. The highest BCUT2D eigenvalue weighted by Gasteiger charge is 2.29. The molecule has 0 bridgehead atoms. The van der Waals surface area contributed by atoms with Gasteiger partial charge in [0, 0.05) is 16.9 Å². The number of hydrogen-bond acceptors (Lipinski definition) is 3. The molecule has 0 radical (unpaired) electrons. The molecule has 0 saturated heterocycles. The molecule has 25 heavy (non-hydrogen) atoms. The molecule has 0 atom stereocenters. The molecule has 0 aliphatic rings. The second-order valence-electron chi connectivity index (χ2n) is 5.37. The predicted molar refractivity (Wildman–Crippen MR) is 88.3 cm³/mol. The predicted octanol–water partition coefficient (Wildman–Crippen LogP) is 3.16. The van der Waals surface area contributed by atoms with E-state index in [4.69, 9.17) is 5.73 Å². The lowest BCUT2D eigenvalue weighted by Gasteiger charge is -2.12. The number of alkyl halides is 3. The molecule has 0 heterocycles. The molecule has 2 aromatic rings. The second kappa shape index (κ2) is 7.25. The molecule has 2 rings (SSSR count). The minimum atomic E-state index is -4.42. The van der Waals surface area contributed by atoms with Crippen molar-refractivity contribution in [2.45, 2.75) is 13.1 Å². The molecule has 0 aliphatic heterocycles. The molecular weight excluding hydrogens is 335 g/mol. The van der Waals surface area contributed by atoms with Crippen LogP contribution >= 0.6 is 0 Å². The molecule has 0 fully saturated rings. The van der Waals surface area contributed by atoms with Crippen molar-refractivity contribution in [3.8, 4) is 0 Å². The molecule has 132 valence electrons. The third kappa shape index (κ3) is 4.97. The minimum Gasteiger partial charge on any atom is -0.376 e. The van der Waals surface area contributed by atoms with Crippen molar-refractivity contribution in [3.63, 3.8) is 0 Å². The lowest BCUT2D eigenvalue weighted by molar-refractivity contribution is -0.137. The number of nitrogens with two attached hydrogens (primary N) is 1. The summed E-state index contributed by atoms with van der Waals surface area (Å²) < 4.78 is 37.5. The number of primary amides is 1. The Bertz CT molecular complexity index is 787. The lowest BCUT2D eigenvalue weighted by atomic mass is 10.1. The summed E-state index contributed by atoms with van der Waals surface area (Å²) in [4.78, 5) is 23.1. The number of carbonyl (C=O) groups is 2. The second-order valence-corrected chi connectivity index (χ2v) is 5.37. The van der Waals surface area contributed by atoms with Crippen molar-refractivity contribution in [3.05, 3.63) is 59.2 Å². The third-order valence-corrected chi connectivity index (χ3v) is 3.46. The van der Waals surface area contributed by atoms with Crippen molar-refractivity contribution in [2.75, 3.05) is 17.2 Å². The summed E-state index contributed by atoms with van der Waals surface area (Å²) in [6, 6.07) is 8.94. The number of amides is 2. The van der Waals surface area contributed by atoms with Crippen LogP contribution in [0.5, 0.6) is 0 Å². The monoisotopic (exact) mass is 351 g/mol. The zero-order valence-electron chi connectivity index (χ0n) is 13.3. The first kappa shape index (κ1) is 18.3. The fourth-order valence-electron chi connectivity index (χ4n) is 2.09. The average Bonchev–Trinajstić information content (AvgIpc) is 2.53. The summed E-state index contributed by atoms with van der Waals surface area (Å²) in [5.41, 5.74) is 6.35. The number of benzene rings is 2. The standard InChI is InChI=1S/C17H16F3N3O2/c1-10-2-3-11(16(21)25)8-14(10)22-9-15(24)23-13-6-4-12(5-7-13)17(18,19)20/h2-8,22H,9H2,1H3,(H2,21,25)(H,23,24). The van der Waals surface area contributed by atoms with E-state index in [1.54, 1.807) is 19.1 Å². The SMILES string of the molecule is Cc1ccc(C(N)=O)cc1NCC(=O)Nc1ccc(C(F)(F)F)cc1. The van der Waals surface area contributed by atoms with E-state index in [9.17, 15) is 22.8 Å². The number of halogens is 3. The number of aryl methyl sites for hydroxylation is 1. The fraction of sp³-hybridized carbons (Fsp3) is 0.176. The fourth-order valence-corrected chi connectivity index (χ4v) is 2.09. The Balaban J connectivity index is 1.97. The molecule has 2 amide bonds. The summed E-state index contributed by atoms with van der Waals surface area (Å²) in [5.74, 6) is -1.03. The summed E-state index contributed by atoms with van der Waals surface area (Å²) in [5, 5.41) is 5.35. The van der Waals surface area contributed by atoms with Gasteiger partial charge in [0.1, 0.15) is 0 Å². The molecule has 8 heteroatoms. The Morgan fingerprint density at radius 2 is 1.72 bits per heavy atom. The maximum Gasteiger partial charge on any atom is 0.416 e. The lowest BCUT2D eigenvalue weighted by Crippen LogP contribution is -2.22. The summed E-state index contributed by atoms with van der Waals surface area (Å²) in [7, 11) is 0. The average molecular weight is 351 g/mol. The van der Waals surface area contributed by atoms with Crippen LogP contribution in [-0.4, -0.2) is 18.4 Å². The van der Waals surface area contributed by atoms with Crippen molar-refractivity contribution in [2.24, 2.45) is 5.73 Å². The Kier molecular flexibility index (Phi) is 5.31. The van der Waals surface area contributed by atoms with E-state index in [1.807, 2.05) is 0 Å². The highest BCUT2D eigenvalue weighted by Crippen LogP contribution is 2.29. The molecule has 0 aromatic heterocycles. The summed E-state index contributed by atoms with van der Waals surface area (Å²) in [6.45, 7) is 1.67. The highest BCUT2D eigenvalue weighted by molar-refractivity contribution is 5.95. The Hall–Kier alpha value is -3.03. The number of anilines is 2. The van der Waals surface area contributed by atoms with Gasteiger partial charge in [0.2, 0.25) is 11.8 Å². The van der Waals surface area contributed by atoms with Crippen LogP contribution in [0.3, 0.4) is 0 Å². The van der Waals surface area contributed by atoms with E-state index in [1.165, 1.54) is 18.2 Å². The molecule has 0 aliphatic carbocycles. The van der Waals surface area contributed by atoms with Crippen LogP contribution in [0, 0.1) is 6.92 Å². The minimum absolute atomic E-state index is 0.121. The van der Waals surface area contributed by atoms with Crippen LogP contribution in [-0.2, 0) is 11.0 Å². The van der Waals surface area contributed by atoms with Gasteiger partial charge < -0.3 is 16.4 Å². The molecule has 0 saturated carbocycles. The van der Waals surface area contributed by atoms with Crippen LogP contribution in [0.4, 0.5) is 24.5 Å². The van der Waals surface area contributed by atoms with Gasteiger partial charge in [-0.3, -0.25) is 9.59 Å². The number of nitrogens with one attached hydrogen (secondary N) is 2. The van der Waals surface area contributed by atoms with Crippen molar-refractivity contribution >= 4 is 23.2 Å². The van der Waals surface area contributed by atoms with Gasteiger partial charge in [-0.2, -0.15) is 13.2 Å². The van der Waals surface area contributed by atoms with E-state index in [2.05, 4.69) is 10.6 Å². The van der Waals surface area contributed by atoms with E-state index < -0.39 is 23.6 Å². The molecule has 2 aromatic carbocycles. The number of carbonyl (C=O) groups excluding carboxylic acids is 2. The first-order valence-corrected chi connectivity index (χ1v) is 7.28. The van der Waals surface area contributed by atoms with Gasteiger partial charge in [-0.05, 0) is 48.9 Å². The largest absolute Gasteiger partial charge is 0.416 e. The molecule has 0 spiro atoms. The van der Waals surface area contributed by atoms with Crippen LogP contribution in [0.25, 0.3) is 0 Å². The topological polar surface area (TPSA) is 84.2 Å². The smallest absolute Gasteiger partial charge is 0.376 e. The van der Waals surface area contributed by atoms with Gasteiger partial charge in [-0.15, -0.1) is 0 Å². The van der Waals surface area contributed by atoms with Gasteiger partial charge >= 0.3 is 6.18 Å². The molecule has 4 N–H and O–H groups in total. The maximum absolute atomic E-state index is 12.5. The number of hydrogen-bond donors (Lipinski definition) is 3. The van der Waals surface area contributed by atoms with Gasteiger partial charge in [0.25, 0.3) is 0 Å². The Morgan fingerprint density at radius 3 is 2.28 bits per heavy atom. The number of rotatable bonds is 5. The van der Waals surface area contributed by atoms with Crippen molar-refractivity contribution in [1.29, 1.82) is 0 Å². The molecule has 0 unspecified atom stereocenters. The van der Waals surface area contributed by atoms with E-state index in [-0.39, 0.29) is 12.2 Å². The van der Waals surface area contributed by atoms with E-state index in [0.717, 1.165) is 17.7 Å². The molecular formula is C17H16F3N3O2. The van der Waals surface area contributed by atoms with Crippen molar-refractivity contribution in [1.82, 2.24) is 0 Å². The zero-order chi connectivity index (χ0) is 18.6.